The Balaban J connectivity index is 1.80. The molecular formula is C25H19BrFIN2O2. The minimum Gasteiger partial charge on any atom is -0.486 e. The van der Waals surface area contributed by atoms with Gasteiger partial charge in [-0.05, 0) is 99.4 Å². The molecule has 0 atom stereocenters. The summed E-state index contributed by atoms with van der Waals surface area (Å²) in [4.78, 5) is 12.7. The predicted octanol–water partition coefficient (Wildman–Crippen LogP) is 6.93. The number of rotatable bonds is 6. The molecule has 0 spiro atoms. The maximum absolute atomic E-state index is 13.8. The van der Waals surface area contributed by atoms with E-state index in [1.54, 1.807) is 30.3 Å². The normalized spacial score (nSPS) is 11.1. The van der Waals surface area contributed by atoms with Crippen LogP contribution in [-0.2, 0) is 11.4 Å². The summed E-state index contributed by atoms with van der Waals surface area (Å²) >= 11 is 5.58. The fourth-order valence-electron chi connectivity index (χ4n) is 2.94. The van der Waals surface area contributed by atoms with E-state index in [1.807, 2.05) is 38.1 Å². The lowest BCUT2D eigenvalue weighted by Gasteiger charge is -2.12. The van der Waals surface area contributed by atoms with Crippen LogP contribution in [0.3, 0.4) is 0 Å². The molecule has 162 valence electrons. The van der Waals surface area contributed by atoms with Crippen molar-refractivity contribution < 1.29 is 13.9 Å². The zero-order valence-electron chi connectivity index (χ0n) is 17.4. The highest BCUT2D eigenvalue weighted by Gasteiger charge is 2.14. The van der Waals surface area contributed by atoms with Crippen LogP contribution in [0.15, 0.2) is 64.6 Å². The van der Waals surface area contributed by atoms with Gasteiger partial charge in [0.15, 0.2) is 0 Å². The standard InChI is InChI=1S/C25H19BrFIN2O2/c1-15-7-8-16(2)23(9-15)30-25(31)19(13-29)10-17-11-20(26)24(22(28)12-17)32-14-18-5-3-4-6-21(18)27/h3-12H,14H2,1-2H3,(H,30,31)/b19-10+. The van der Waals surface area contributed by atoms with E-state index in [0.717, 1.165) is 14.7 Å². The Morgan fingerprint density at radius 3 is 2.66 bits per heavy atom. The zero-order chi connectivity index (χ0) is 23.3. The summed E-state index contributed by atoms with van der Waals surface area (Å²) in [6, 6.07) is 17.7. The Kier molecular flexibility index (Phi) is 8.04. The van der Waals surface area contributed by atoms with E-state index in [1.165, 1.54) is 12.1 Å². The maximum Gasteiger partial charge on any atom is 0.266 e. The number of anilines is 1. The fraction of sp³-hybridized carbons (Fsp3) is 0.120. The number of aryl methyl sites for hydroxylation is 2. The van der Waals surface area contributed by atoms with Gasteiger partial charge in [0.1, 0.15) is 29.8 Å². The molecule has 4 nitrogen and oxygen atoms in total. The van der Waals surface area contributed by atoms with Crippen molar-refractivity contribution in [3.8, 4) is 11.8 Å². The van der Waals surface area contributed by atoms with Crippen LogP contribution in [0, 0.1) is 34.6 Å². The van der Waals surface area contributed by atoms with Crippen molar-refractivity contribution in [1.82, 2.24) is 0 Å². The second kappa shape index (κ2) is 10.7. The van der Waals surface area contributed by atoms with Crippen molar-refractivity contribution in [2.24, 2.45) is 0 Å². The number of nitriles is 1. The zero-order valence-corrected chi connectivity index (χ0v) is 21.1. The molecule has 3 aromatic rings. The minimum absolute atomic E-state index is 0.0198. The number of nitrogens with zero attached hydrogens (tertiary/aromatic N) is 1. The first-order chi connectivity index (χ1) is 15.3. The van der Waals surface area contributed by atoms with Crippen LogP contribution in [0.5, 0.6) is 5.75 Å². The van der Waals surface area contributed by atoms with Crippen molar-refractivity contribution in [2.75, 3.05) is 5.32 Å². The number of nitrogens with one attached hydrogen (secondary N) is 1. The second-order valence-corrected chi connectivity index (χ2v) is 9.15. The Morgan fingerprint density at radius 2 is 1.97 bits per heavy atom. The number of hydrogen-bond acceptors (Lipinski definition) is 3. The molecule has 0 aliphatic heterocycles. The quantitative estimate of drug-likeness (QED) is 0.188. The topological polar surface area (TPSA) is 62.1 Å². The number of hydrogen-bond donors (Lipinski definition) is 1. The number of carbonyl (C=O) groups is 1. The molecule has 1 N–H and O–H groups in total. The maximum atomic E-state index is 13.8. The smallest absolute Gasteiger partial charge is 0.266 e. The third kappa shape index (κ3) is 5.96. The van der Waals surface area contributed by atoms with Gasteiger partial charge in [0, 0.05) is 11.3 Å². The van der Waals surface area contributed by atoms with Crippen LogP contribution in [-0.4, -0.2) is 5.91 Å². The number of carbonyl (C=O) groups excluding carboxylic acids is 1. The summed E-state index contributed by atoms with van der Waals surface area (Å²) in [7, 11) is 0. The average molecular weight is 605 g/mol. The number of ether oxygens (including phenoxy) is 1. The number of halogens is 3. The van der Waals surface area contributed by atoms with Gasteiger partial charge in [-0.3, -0.25) is 4.79 Å². The van der Waals surface area contributed by atoms with Gasteiger partial charge < -0.3 is 10.1 Å². The third-order valence-corrected chi connectivity index (χ3v) is 6.06. The molecule has 0 aliphatic carbocycles. The van der Waals surface area contributed by atoms with E-state index >= 15 is 0 Å². The molecule has 3 aromatic carbocycles. The molecule has 0 saturated heterocycles. The van der Waals surface area contributed by atoms with Gasteiger partial charge in [0.05, 0.1) is 8.04 Å². The first kappa shape index (κ1) is 24.0. The molecule has 0 heterocycles. The van der Waals surface area contributed by atoms with Crippen molar-refractivity contribution >= 4 is 56.2 Å². The summed E-state index contributed by atoms with van der Waals surface area (Å²) in [6.07, 6.45) is 1.52. The molecule has 0 aromatic heterocycles. The van der Waals surface area contributed by atoms with Crippen molar-refractivity contribution in [3.63, 3.8) is 0 Å². The Labute approximate surface area is 208 Å². The summed E-state index contributed by atoms with van der Waals surface area (Å²) in [5.74, 6) is -0.247. The first-order valence-corrected chi connectivity index (χ1v) is 11.5. The molecule has 0 saturated carbocycles. The van der Waals surface area contributed by atoms with Gasteiger partial charge >= 0.3 is 0 Å². The highest BCUT2D eigenvalue weighted by Crippen LogP contribution is 2.33. The third-order valence-electron chi connectivity index (χ3n) is 4.67. The van der Waals surface area contributed by atoms with Crippen LogP contribution in [0.2, 0.25) is 0 Å². The highest BCUT2D eigenvalue weighted by molar-refractivity contribution is 14.1. The van der Waals surface area contributed by atoms with E-state index in [2.05, 4.69) is 43.8 Å². The molecule has 0 bridgehead atoms. The first-order valence-electron chi connectivity index (χ1n) is 9.64. The fourth-order valence-corrected chi connectivity index (χ4v) is 4.71. The molecule has 0 radical (unpaired) electrons. The molecule has 0 unspecified atom stereocenters. The minimum atomic E-state index is -0.479. The molecule has 0 fully saturated rings. The molecule has 3 rings (SSSR count). The van der Waals surface area contributed by atoms with Crippen LogP contribution < -0.4 is 10.1 Å². The van der Waals surface area contributed by atoms with Gasteiger partial charge in [-0.2, -0.15) is 5.26 Å². The van der Waals surface area contributed by atoms with Crippen molar-refractivity contribution in [1.29, 1.82) is 5.26 Å². The van der Waals surface area contributed by atoms with E-state index in [0.29, 0.717) is 27.0 Å². The van der Waals surface area contributed by atoms with E-state index in [9.17, 15) is 14.4 Å². The van der Waals surface area contributed by atoms with Crippen LogP contribution >= 0.6 is 38.5 Å². The monoisotopic (exact) mass is 604 g/mol. The Hall–Kier alpha value is -2.70. The van der Waals surface area contributed by atoms with Gasteiger partial charge in [0.25, 0.3) is 5.91 Å². The van der Waals surface area contributed by atoms with Crippen LogP contribution in [0.1, 0.15) is 22.3 Å². The van der Waals surface area contributed by atoms with Crippen molar-refractivity contribution in [3.05, 3.63) is 96.3 Å². The van der Waals surface area contributed by atoms with Crippen LogP contribution in [0.25, 0.3) is 6.08 Å². The van der Waals surface area contributed by atoms with Crippen molar-refractivity contribution in [2.45, 2.75) is 20.5 Å². The molecule has 7 heteroatoms. The lowest BCUT2D eigenvalue weighted by atomic mass is 10.1. The van der Waals surface area contributed by atoms with Crippen LogP contribution in [0.4, 0.5) is 10.1 Å². The van der Waals surface area contributed by atoms with Gasteiger partial charge in [-0.15, -0.1) is 0 Å². The highest BCUT2D eigenvalue weighted by atomic mass is 127. The molecule has 32 heavy (non-hydrogen) atoms. The van der Waals surface area contributed by atoms with Gasteiger partial charge in [0.2, 0.25) is 0 Å². The van der Waals surface area contributed by atoms with Gasteiger partial charge in [-0.1, -0.05) is 30.3 Å². The molecule has 0 aliphatic rings. The average Bonchev–Trinajstić information content (AvgIpc) is 2.75. The largest absolute Gasteiger partial charge is 0.486 e. The molecule has 1 amide bonds. The summed E-state index contributed by atoms with van der Waals surface area (Å²) < 4.78 is 21.1. The lowest BCUT2D eigenvalue weighted by Crippen LogP contribution is -2.14. The van der Waals surface area contributed by atoms with E-state index < -0.39 is 5.91 Å². The predicted molar refractivity (Wildman–Crippen MR) is 136 cm³/mol. The Morgan fingerprint density at radius 1 is 1.22 bits per heavy atom. The molecular weight excluding hydrogens is 586 g/mol. The summed E-state index contributed by atoms with van der Waals surface area (Å²) in [5.41, 5.74) is 3.69. The van der Waals surface area contributed by atoms with E-state index in [-0.39, 0.29) is 18.0 Å². The summed E-state index contributed by atoms with van der Waals surface area (Å²) in [5, 5.41) is 12.3. The number of amides is 1. The number of benzene rings is 3. The lowest BCUT2D eigenvalue weighted by molar-refractivity contribution is -0.112. The Bertz CT molecular complexity index is 1230. The van der Waals surface area contributed by atoms with Gasteiger partial charge in [-0.25, -0.2) is 4.39 Å². The second-order valence-electron chi connectivity index (χ2n) is 7.14. The SMILES string of the molecule is Cc1ccc(C)c(NC(=O)/C(C#N)=C/c2cc(Br)c(OCc3ccccc3F)c(I)c2)c1. The van der Waals surface area contributed by atoms with E-state index in [4.69, 9.17) is 4.74 Å². The summed E-state index contributed by atoms with van der Waals surface area (Å²) in [6.45, 7) is 3.91.